The second-order valence-corrected chi connectivity index (χ2v) is 7.77. The zero-order valence-electron chi connectivity index (χ0n) is 21.7. The van der Waals surface area contributed by atoms with Crippen molar-refractivity contribution in [1.82, 2.24) is 10.3 Å². The number of nitrogen functional groups attached to an aromatic ring is 1. The molecule has 1 heterocycles. The Labute approximate surface area is 215 Å². The quantitative estimate of drug-likeness (QED) is 0.213. The molecule has 5 nitrogen and oxygen atoms in total. The molecular formula is C31H37N5. The minimum absolute atomic E-state index is 0.602. The van der Waals surface area contributed by atoms with Crippen LogP contribution < -0.4 is 11.1 Å². The van der Waals surface area contributed by atoms with E-state index in [4.69, 9.17) is 16.4 Å². The summed E-state index contributed by atoms with van der Waals surface area (Å²) in [6.45, 7) is 9.63. The average Bonchev–Trinajstić information content (AvgIpc) is 2.91. The number of allylic oxidation sites excluding steroid dienone is 2. The van der Waals surface area contributed by atoms with Crippen LogP contribution in [0.1, 0.15) is 43.0 Å². The molecule has 3 aromatic carbocycles. The molecule has 0 aliphatic carbocycles. The monoisotopic (exact) mass is 479 g/mol. The number of nitrogens with zero attached hydrogens (tertiary/aromatic N) is 2. The van der Waals surface area contributed by atoms with Crippen molar-refractivity contribution < 1.29 is 0 Å². The minimum Gasteiger partial charge on any atom is -0.398 e. The number of nitrogens with one attached hydrogen (secondary N) is 2. The van der Waals surface area contributed by atoms with Gasteiger partial charge in [0.05, 0.1) is 17.1 Å². The summed E-state index contributed by atoms with van der Waals surface area (Å²) in [5.41, 5.74) is 11.8. The molecule has 1 aromatic heterocycles. The summed E-state index contributed by atoms with van der Waals surface area (Å²) in [7, 11) is 0. The van der Waals surface area contributed by atoms with Crippen LogP contribution in [0.25, 0.3) is 10.9 Å². The topological polar surface area (TPSA) is 98.6 Å². The summed E-state index contributed by atoms with van der Waals surface area (Å²) in [6.07, 6.45) is 6.89. The molecule has 0 saturated carbocycles. The van der Waals surface area contributed by atoms with Gasteiger partial charge in [-0.3, -0.25) is 4.98 Å². The molecule has 4 rings (SSSR count). The van der Waals surface area contributed by atoms with Crippen LogP contribution in [-0.2, 0) is 13.1 Å². The summed E-state index contributed by atoms with van der Waals surface area (Å²) in [5, 5.41) is 19.1. The maximum atomic E-state index is 8.66. The van der Waals surface area contributed by atoms with E-state index < -0.39 is 0 Å². The molecule has 0 radical (unpaired) electrons. The fourth-order valence-corrected chi connectivity index (χ4v) is 2.89. The van der Waals surface area contributed by atoms with E-state index in [0.717, 1.165) is 24.0 Å². The third kappa shape index (κ3) is 11.7. The predicted octanol–water partition coefficient (Wildman–Crippen LogP) is 7.21. The lowest BCUT2D eigenvalue weighted by atomic mass is 10.1. The number of hydrogen-bond donors (Lipinski definition) is 3. The number of rotatable bonds is 4. The summed E-state index contributed by atoms with van der Waals surface area (Å²) in [4.78, 5) is 4.12. The summed E-state index contributed by atoms with van der Waals surface area (Å²) in [6, 6.07) is 28.2. The van der Waals surface area contributed by atoms with Crippen LogP contribution in [0.3, 0.4) is 0 Å². The van der Waals surface area contributed by atoms with Crippen molar-refractivity contribution in [3.63, 3.8) is 0 Å². The SMILES string of the molecule is C/C=C\C.CC=N.Cc1ccc(CNCc2ccccc2)cc1.N#Cc1ccc2c(N)ccnc2c1. The van der Waals surface area contributed by atoms with Gasteiger partial charge in [-0.25, -0.2) is 0 Å². The van der Waals surface area contributed by atoms with Crippen molar-refractivity contribution in [2.75, 3.05) is 5.73 Å². The van der Waals surface area contributed by atoms with E-state index in [1.165, 1.54) is 22.9 Å². The maximum absolute atomic E-state index is 8.66. The van der Waals surface area contributed by atoms with Crippen LogP contribution in [0.4, 0.5) is 5.69 Å². The zero-order valence-corrected chi connectivity index (χ0v) is 21.7. The van der Waals surface area contributed by atoms with E-state index in [1.54, 1.807) is 31.3 Å². The number of fused-ring (bicyclic) bond motifs is 1. The van der Waals surface area contributed by atoms with Gasteiger partial charge in [0.25, 0.3) is 0 Å². The van der Waals surface area contributed by atoms with Gasteiger partial charge in [-0.2, -0.15) is 5.26 Å². The van der Waals surface area contributed by atoms with E-state index >= 15 is 0 Å². The van der Waals surface area contributed by atoms with Crippen LogP contribution in [-0.4, -0.2) is 11.2 Å². The van der Waals surface area contributed by atoms with Gasteiger partial charge in [0, 0.05) is 30.4 Å². The summed E-state index contributed by atoms with van der Waals surface area (Å²) in [5.74, 6) is 0. The number of benzene rings is 3. The first-order valence-electron chi connectivity index (χ1n) is 11.9. The number of hydrogen-bond acceptors (Lipinski definition) is 5. The van der Waals surface area contributed by atoms with Crippen LogP contribution in [0.2, 0.25) is 0 Å². The average molecular weight is 480 g/mol. The Morgan fingerprint density at radius 3 is 2.03 bits per heavy atom. The minimum atomic E-state index is 0.602. The predicted molar refractivity (Wildman–Crippen MR) is 154 cm³/mol. The van der Waals surface area contributed by atoms with Crippen molar-refractivity contribution in [2.45, 2.75) is 40.8 Å². The Morgan fingerprint density at radius 1 is 0.889 bits per heavy atom. The highest BCUT2D eigenvalue weighted by Crippen LogP contribution is 2.19. The van der Waals surface area contributed by atoms with Gasteiger partial charge in [0.15, 0.2) is 0 Å². The zero-order chi connectivity index (χ0) is 26.6. The highest BCUT2D eigenvalue weighted by molar-refractivity contribution is 5.90. The molecule has 0 unspecified atom stereocenters. The smallest absolute Gasteiger partial charge is 0.0992 e. The molecular weight excluding hydrogens is 442 g/mol. The number of aryl methyl sites for hydroxylation is 1. The fourth-order valence-electron chi connectivity index (χ4n) is 2.89. The fraction of sp³-hybridized carbons (Fsp3) is 0.194. The Hall–Kier alpha value is -4.27. The highest BCUT2D eigenvalue weighted by atomic mass is 14.8. The highest BCUT2D eigenvalue weighted by Gasteiger charge is 1.99. The van der Waals surface area contributed by atoms with Gasteiger partial charge >= 0.3 is 0 Å². The third-order valence-corrected chi connectivity index (χ3v) is 4.86. The molecule has 0 spiro atoms. The number of aromatic nitrogens is 1. The van der Waals surface area contributed by atoms with Gasteiger partial charge in [-0.15, -0.1) is 0 Å². The lowest BCUT2D eigenvalue weighted by Crippen LogP contribution is -2.12. The Morgan fingerprint density at radius 2 is 1.47 bits per heavy atom. The van der Waals surface area contributed by atoms with Crippen molar-refractivity contribution in [1.29, 1.82) is 10.7 Å². The number of nitrogens with two attached hydrogens (primary N) is 1. The first kappa shape index (κ1) is 29.8. The maximum Gasteiger partial charge on any atom is 0.0992 e. The molecule has 4 N–H and O–H groups in total. The first-order valence-corrected chi connectivity index (χ1v) is 11.9. The van der Waals surface area contributed by atoms with E-state index in [1.807, 2.05) is 38.1 Å². The number of pyridine rings is 1. The van der Waals surface area contributed by atoms with Crippen LogP contribution in [0.15, 0.2) is 97.2 Å². The van der Waals surface area contributed by atoms with E-state index in [2.05, 4.69) is 71.8 Å². The first-order chi connectivity index (χ1) is 17.5. The standard InChI is InChI=1S/C15H17N.C10H7N3.C4H8.C2H5N/c1-13-7-9-15(10-8-13)12-16-11-14-5-3-2-4-6-14;11-6-7-1-2-8-9(12)3-4-13-10(8)5-7;1-3-4-2;1-2-3/h2-10,16H,11-12H2,1H3;1-5H,(H2,12,13);3-4H,1-2H3;2-3H,1H3/b;;4-3-;. The Balaban J connectivity index is 0.000000290. The lowest BCUT2D eigenvalue weighted by molar-refractivity contribution is 0.693. The summed E-state index contributed by atoms with van der Waals surface area (Å²) < 4.78 is 0. The largest absolute Gasteiger partial charge is 0.398 e. The van der Waals surface area contributed by atoms with Gasteiger partial charge in [0.1, 0.15) is 0 Å². The molecule has 0 saturated heterocycles. The van der Waals surface area contributed by atoms with E-state index in [0.29, 0.717) is 11.3 Å². The van der Waals surface area contributed by atoms with Crippen molar-refractivity contribution in [3.05, 3.63) is 119 Å². The molecule has 0 aliphatic heterocycles. The van der Waals surface area contributed by atoms with Crippen molar-refractivity contribution in [3.8, 4) is 6.07 Å². The van der Waals surface area contributed by atoms with Gasteiger partial charge < -0.3 is 16.5 Å². The molecule has 0 aliphatic rings. The molecule has 0 atom stereocenters. The van der Waals surface area contributed by atoms with E-state index in [9.17, 15) is 0 Å². The van der Waals surface area contributed by atoms with Crippen LogP contribution in [0.5, 0.6) is 0 Å². The van der Waals surface area contributed by atoms with Crippen molar-refractivity contribution >= 4 is 22.8 Å². The Bertz CT molecular complexity index is 1220. The molecule has 0 fully saturated rings. The van der Waals surface area contributed by atoms with Gasteiger partial charge in [0.2, 0.25) is 0 Å². The van der Waals surface area contributed by atoms with Gasteiger partial charge in [-0.05, 0) is 69.3 Å². The molecule has 5 heteroatoms. The van der Waals surface area contributed by atoms with E-state index in [-0.39, 0.29) is 0 Å². The Kier molecular flexibility index (Phi) is 15.0. The number of anilines is 1. The van der Waals surface area contributed by atoms with Crippen molar-refractivity contribution in [2.24, 2.45) is 0 Å². The second kappa shape index (κ2) is 18.1. The normalized spacial score (nSPS) is 9.53. The third-order valence-electron chi connectivity index (χ3n) is 4.86. The molecule has 0 amide bonds. The second-order valence-electron chi connectivity index (χ2n) is 7.77. The molecule has 4 aromatic rings. The van der Waals surface area contributed by atoms with Crippen LogP contribution >= 0.6 is 0 Å². The lowest BCUT2D eigenvalue weighted by Gasteiger charge is -2.05. The van der Waals surface area contributed by atoms with Gasteiger partial charge in [-0.1, -0.05) is 72.3 Å². The molecule has 186 valence electrons. The molecule has 36 heavy (non-hydrogen) atoms. The van der Waals surface area contributed by atoms with Crippen LogP contribution in [0, 0.1) is 23.7 Å². The summed E-state index contributed by atoms with van der Waals surface area (Å²) >= 11 is 0. The number of nitriles is 1. The molecule has 0 bridgehead atoms.